The summed E-state index contributed by atoms with van der Waals surface area (Å²) in [4.78, 5) is 6.84. The Morgan fingerprint density at radius 1 is 1.35 bits per heavy atom. The van der Waals surface area contributed by atoms with Crippen LogP contribution in [0.1, 0.15) is 18.1 Å². The first-order valence-electron chi connectivity index (χ1n) is 7.04. The van der Waals surface area contributed by atoms with Crippen molar-refractivity contribution in [3.63, 3.8) is 0 Å². The zero-order valence-corrected chi connectivity index (χ0v) is 13.1. The molecule has 0 amide bonds. The van der Waals surface area contributed by atoms with Crippen LogP contribution in [0.25, 0.3) is 0 Å². The number of hydrogen-bond acceptors (Lipinski definition) is 5. The smallest absolute Gasteiger partial charge is 0.131 e. The van der Waals surface area contributed by atoms with Gasteiger partial charge in [-0.1, -0.05) is 6.07 Å². The van der Waals surface area contributed by atoms with E-state index in [2.05, 4.69) is 29.8 Å². The fourth-order valence-electron chi connectivity index (χ4n) is 2.29. The highest BCUT2D eigenvalue weighted by Crippen LogP contribution is 2.20. The Balaban J connectivity index is 2.94. The summed E-state index contributed by atoms with van der Waals surface area (Å²) in [6.07, 6.45) is 2.77. The first kappa shape index (κ1) is 16.9. The molecular formula is C15H27N3O2. The van der Waals surface area contributed by atoms with Crippen molar-refractivity contribution < 1.29 is 9.47 Å². The third-order valence-corrected chi connectivity index (χ3v) is 3.29. The minimum Gasteiger partial charge on any atom is -0.383 e. The maximum atomic E-state index is 5.59. The molecule has 1 aromatic rings. The van der Waals surface area contributed by atoms with Gasteiger partial charge in [-0.05, 0) is 37.9 Å². The van der Waals surface area contributed by atoms with Crippen LogP contribution >= 0.6 is 0 Å². The van der Waals surface area contributed by atoms with Gasteiger partial charge in [0.1, 0.15) is 5.82 Å². The summed E-state index contributed by atoms with van der Waals surface area (Å²) in [6, 6.07) is 2.41. The third-order valence-electron chi connectivity index (χ3n) is 3.29. The number of rotatable bonds is 9. The molecule has 1 heterocycles. The molecule has 1 rings (SSSR count). The lowest BCUT2D eigenvalue weighted by Gasteiger charge is -2.31. The highest BCUT2D eigenvalue weighted by molar-refractivity contribution is 5.48. The van der Waals surface area contributed by atoms with Crippen molar-refractivity contribution in [1.29, 1.82) is 0 Å². The molecule has 0 aromatic carbocycles. The van der Waals surface area contributed by atoms with Gasteiger partial charge in [0.15, 0.2) is 0 Å². The van der Waals surface area contributed by atoms with Gasteiger partial charge in [-0.2, -0.15) is 0 Å². The van der Waals surface area contributed by atoms with Crippen LogP contribution in [0.3, 0.4) is 0 Å². The summed E-state index contributed by atoms with van der Waals surface area (Å²) >= 11 is 0. The second-order valence-electron chi connectivity index (χ2n) is 5.01. The quantitative estimate of drug-likeness (QED) is 0.741. The predicted octanol–water partition coefficient (Wildman–Crippen LogP) is 1.38. The minimum atomic E-state index is 0.252. The zero-order chi connectivity index (χ0) is 15.0. The van der Waals surface area contributed by atoms with Crippen LogP contribution in [0, 0.1) is 6.92 Å². The van der Waals surface area contributed by atoms with Crippen LogP contribution in [-0.4, -0.2) is 51.5 Å². The number of aromatic nitrogens is 1. The summed E-state index contributed by atoms with van der Waals surface area (Å²) < 4.78 is 10.5. The maximum Gasteiger partial charge on any atom is 0.131 e. The topological polar surface area (TPSA) is 60.6 Å². The molecular weight excluding hydrogens is 254 g/mol. The molecule has 0 aliphatic carbocycles. The zero-order valence-electron chi connectivity index (χ0n) is 13.1. The van der Waals surface area contributed by atoms with Crippen molar-refractivity contribution >= 4 is 5.82 Å². The van der Waals surface area contributed by atoms with Crippen LogP contribution in [0.5, 0.6) is 0 Å². The largest absolute Gasteiger partial charge is 0.383 e. The molecule has 5 nitrogen and oxygen atoms in total. The summed E-state index contributed by atoms with van der Waals surface area (Å²) in [5.41, 5.74) is 7.93. The second kappa shape index (κ2) is 8.89. The van der Waals surface area contributed by atoms with Crippen molar-refractivity contribution in [2.24, 2.45) is 5.73 Å². The van der Waals surface area contributed by atoms with E-state index in [0.717, 1.165) is 24.3 Å². The van der Waals surface area contributed by atoms with Gasteiger partial charge in [-0.25, -0.2) is 4.98 Å². The Hall–Kier alpha value is -1.17. The van der Waals surface area contributed by atoms with Crippen molar-refractivity contribution in [2.45, 2.75) is 26.3 Å². The van der Waals surface area contributed by atoms with Gasteiger partial charge in [0.2, 0.25) is 0 Å². The fraction of sp³-hybridized carbons (Fsp3) is 0.667. The third kappa shape index (κ3) is 4.74. The molecule has 114 valence electrons. The Morgan fingerprint density at radius 3 is 2.65 bits per heavy atom. The number of nitrogens with two attached hydrogens (primary N) is 1. The number of aryl methyl sites for hydroxylation is 1. The van der Waals surface area contributed by atoms with Crippen molar-refractivity contribution in [2.75, 3.05) is 45.4 Å². The van der Waals surface area contributed by atoms with E-state index in [0.29, 0.717) is 19.8 Å². The number of anilines is 1. The average Bonchev–Trinajstić information content (AvgIpc) is 2.42. The van der Waals surface area contributed by atoms with E-state index in [9.17, 15) is 0 Å². The van der Waals surface area contributed by atoms with Crippen molar-refractivity contribution in [3.05, 3.63) is 23.4 Å². The van der Waals surface area contributed by atoms with Crippen LogP contribution in [-0.2, 0) is 15.9 Å². The number of nitrogens with zero attached hydrogens (tertiary/aromatic N) is 2. The minimum absolute atomic E-state index is 0.252. The summed E-state index contributed by atoms with van der Waals surface area (Å²) in [6.45, 7) is 6.99. The van der Waals surface area contributed by atoms with Gasteiger partial charge >= 0.3 is 0 Å². The van der Waals surface area contributed by atoms with Gasteiger partial charge in [0.05, 0.1) is 19.3 Å². The number of hydrogen-bond donors (Lipinski definition) is 1. The van der Waals surface area contributed by atoms with E-state index in [1.165, 1.54) is 5.56 Å². The molecule has 0 radical (unpaired) electrons. The fourth-order valence-corrected chi connectivity index (χ4v) is 2.29. The molecule has 0 saturated heterocycles. The SMILES string of the molecule is COCCN(c1ncc(CCN)cc1C)C(C)COC. The molecule has 1 atom stereocenters. The normalized spacial score (nSPS) is 12.4. The molecule has 20 heavy (non-hydrogen) atoms. The molecule has 2 N–H and O–H groups in total. The molecule has 0 aliphatic heterocycles. The molecule has 0 fully saturated rings. The van der Waals surface area contributed by atoms with E-state index in [4.69, 9.17) is 15.2 Å². The van der Waals surface area contributed by atoms with E-state index < -0.39 is 0 Å². The monoisotopic (exact) mass is 281 g/mol. The Labute approximate surface area is 122 Å². The first-order valence-corrected chi connectivity index (χ1v) is 7.04. The predicted molar refractivity (Wildman–Crippen MR) is 82.3 cm³/mol. The van der Waals surface area contributed by atoms with Gasteiger partial charge in [-0.15, -0.1) is 0 Å². The van der Waals surface area contributed by atoms with E-state index in [1.807, 2.05) is 6.20 Å². The summed E-state index contributed by atoms with van der Waals surface area (Å²) in [5, 5.41) is 0. The molecule has 5 heteroatoms. The average molecular weight is 281 g/mol. The lowest BCUT2D eigenvalue weighted by molar-refractivity contribution is 0.170. The van der Waals surface area contributed by atoms with Crippen molar-refractivity contribution in [3.8, 4) is 0 Å². The van der Waals surface area contributed by atoms with Gasteiger partial charge in [-0.3, -0.25) is 0 Å². The molecule has 0 saturated carbocycles. The lowest BCUT2D eigenvalue weighted by Crippen LogP contribution is -2.39. The highest BCUT2D eigenvalue weighted by Gasteiger charge is 2.17. The highest BCUT2D eigenvalue weighted by atomic mass is 16.5. The Morgan fingerprint density at radius 2 is 2.10 bits per heavy atom. The molecule has 0 spiro atoms. The maximum absolute atomic E-state index is 5.59. The number of methoxy groups -OCH3 is 2. The summed E-state index contributed by atoms with van der Waals surface area (Å²) in [7, 11) is 3.43. The second-order valence-corrected chi connectivity index (χ2v) is 5.01. The van der Waals surface area contributed by atoms with E-state index in [-0.39, 0.29) is 6.04 Å². The van der Waals surface area contributed by atoms with E-state index >= 15 is 0 Å². The van der Waals surface area contributed by atoms with Gasteiger partial charge in [0.25, 0.3) is 0 Å². The van der Waals surface area contributed by atoms with Gasteiger partial charge < -0.3 is 20.1 Å². The Bertz CT molecular complexity index is 399. The summed E-state index contributed by atoms with van der Waals surface area (Å²) in [5.74, 6) is 0.993. The molecule has 1 aromatic heterocycles. The molecule has 0 aliphatic rings. The van der Waals surface area contributed by atoms with Crippen molar-refractivity contribution in [1.82, 2.24) is 4.98 Å². The lowest BCUT2D eigenvalue weighted by atomic mass is 10.1. The van der Waals surface area contributed by atoms with Gasteiger partial charge in [0, 0.05) is 27.0 Å². The van der Waals surface area contributed by atoms with Crippen LogP contribution in [0.15, 0.2) is 12.3 Å². The molecule has 1 unspecified atom stereocenters. The Kier molecular flexibility index (Phi) is 7.51. The van der Waals surface area contributed by atoms with Crippen LogP contribution in [0.2, 0.25) is 0 Å². The van der Waals surface area contributed by atoms with Crippen LogP contribution < -0.4 is 10.6 Å². The number of ether oxygens (including phenoxy) is 2. The number of pyridine rings is 1. The molecule has 0 bridgehead atoms. The van der Waals surface area contributed by atoms with Crippen LogP contribution in [0.4, 0.5) is 5.82 Å². The van der Waals surface area contributed by atoms with E-state index in [1.54, 1.807) is 14.2 Å². The standard InChI is InChI=1S/C15H27N3O2/c1-12-9-14(5-6-16)10-17-15(12)18(7-8-19-3)13(2)11-20-4/h9-10,13H,5-8,11,16H2,1-4H3. The first-order chi connectivity index (χ1) is 9.63.